The van der Waals surface area contributed by atoms with Crippen molar-refractivity contribution in [2.24, 2.45) is 0 Å². The number of carbonyl (C=O) groups is 1. The largest absolute Gasteiger partial charge is 0.350 e. The average Bonchev–Trinajstić information content (AvgIpc) is 3.11. The minimum Gasteiger partial charge on any atom is -0.350 e. The molecule has 1 aromatic carbocycles. The number of carbonyl (C=O) groups excluding carboxylic acids is 1. The third-order valence-electron chi connectivity index (χ3n) is 6.31. The number of hydrogen-bond donors (Lipinski definition) is 1. The molecule has 2 aromatic heterocycles. The maximum absolute atomic E-state index is 13.3. The third-order valence-corrected chi connectivity index (χ3v) is 6.31. The van der Waals surface area contributed by atoms with Crippen LogP contribution in [0.5, 0.6) is 0 Å². The molecule has 0 spiro atoms. The lowest BCUT2D eigenvalue weighted by atomic mass is 10.0. The highest BCUT2D eigenvalue weighted by molar-refractivity contribution is 5.83. The fraction of sp³-hybridized carbons (Fsp3) is 0.417. The average molecular weight is 433 g/mol. The molecule has 3 aromatic rings. The second kappa shape index (κ2) is 8.98. The molecular weight excluding hydrogens is 404 g/mol. The van der Waals surface area contributed by atoms with Crippen LogP contribution in [0.15, 0.2) is 53.6 Å². The molecule has 0 bridgehead atoms. The van der Waals surface area contributed by atoms with Crippen molar-refractivity contribution in [1.29, 1.82) is 0 Å². The Morgan fingerprint density at radius 3 is 2.66 bits per heavy atom. The summed E-state index contributed by atoms with van der Waals surface area (Å²) >= 11 is 0. The smallest absolute Gasteiger partial charge is 0.333 e. The predicted molar refractivity (Wildman–Crippen MR) is 124 cm³/mol. The molecule has 0 saturated carbocycles. The molecule has 3 heterocycles. The van der Waals surface area contributed by atoms with Crippen LogP contribution < -0.4 is 15.9 Å². The van der Waals surface area contributed by atoms with Gasteiger partial charge < -0.3 is 10.2 Å². The van der Waals surface area contributed by atoms with Gasteiger partial charge in [0.15, 0.2) is 0 Å². The first-order chi connectivity index (χ1) is 15.7. The standard InChI is InChI=1S/C24H28N6O2/c31-22(27-18-8-6-15-28(16-18)23-25-13-7-14-26-23)17-29-20-11-4-5-12-21(20)30(24(29)32)19-9-2-1-3-10-19/h4-5,7,9,11-14,18H,1-3,6,8,10,15-17H2,(H,27,31)/t18-/m1/s1. The number of nitrogens with zero attached hydrogens (tertiary/aromatic N) is 5. The van der Waals surface area contributed by atoms with E-state index in [0.717, 1.165) is 61.8 Å². The van der Waals surface area contributed by atoms with Gasteiger partial charge in [0.1, 0.15) is 6.54 Å². The zero-order valence-electron chi connectivity index (χ0n) is 18.1. The molecule has 1 aliphatic carbocycles. The van der Waals surface area contributed by atoms with E-state index in [1.165, 1.54) is 0 Å². The van der Waals surface area contributed by atoms with Gasteiger partial charge in [0, 0.05) is 37.2 Å². The minimum atomic E-state index is -0.145. The van der Waals surface area contributed by atoms with Crippen molar-refractivity contribution < 1.29 is 4.79 Å². The number of fused-ring (bicyclic) bond motifs is 1. The summed E-state index contributed by atoms with van der Waals surface area (Å²) in [6, 6.07) is 9.52. The lowest BCUT2D eigenvalue weighted by Crippen LogP contribution is -2.49. The van der Waals surface area contributed by atoms with E-state index in [1.54, 1.807) is 27.6 Å². The van der Waals surface area contributed by atoms with E-state index >= 15 is 0 Å². The van der Waals surface area contributed by atoms with Gasteiger partial charge in [0.05, 0.1) is 11.0 Å². The number of amides is 1. The van der Waals surface area contributed by atoms with Gasteiger partial charge in [-0.05, 0) is 56.7 Å². The Hall–Kier alpha value is -3.42. The Balaban J connectivity index is 1.35. The molecule has 1 aliphatic heterocycles. The molecule has 32 heavy (non-hydrogen) atoms. The highest BCUT2D eigenvalue weighted by Crippen LogP contribution is 2.25. The summed E-state index contributed by atoms with van der Waals surface area (Å²) in [7, 11) is 0. The summed E-state index contributed by atoms with van der Waals surface area (Å²) < 4.78 is 3.39. The lowest BCUT2D eigenvalue weighted by molar-refractivity contribution is -0.122. The summed E-state index contributed by atoms with van der Waals surface area (Å²) in [5, 5.41) is 3.13. The van der Waals surface area contributed by atoms with E-state index in [1.807, 2.05) is 24.3 Å². The predicted octanol–water partition coefficient (Wildman–Crippen LogP) is 2.79. The number of hydrogen-bond acceptors (Lipinski definition) is 5. The molecule has 0 unspecified atom stereocenters. The van der Waals surface area contributed by atoms with Crippen LogP contribution >= 0.6 is 0 Å². The van der Waals surface area contributed by atoms with Crippen LogP contribution in [-0.2, 0) is 11.3 Å². The van der Waals surface area contributed by atoms with Gasteiger partial charge >= 0.3 is 5.69 Å². The van der Waals surface area contributed by atoms with Gasteiger partial charge in [-0.25, -0.2) is 14.8 Å². The fourth-order valence-electron chi connectivity index (χ4n) is 4.81. The van der Waals surface area contributed by atoms with Gasteiger partial charge in [-0.1, -0.05) is 18.2 Å². The van der Waals surface area contributed by atoms with Crippen LogP contribution in [0.25, 0.3) is 16.7 Å². The molecule has 1 N–H and O–H groups in total. The normalized spacial score (nSPS) is 19.1. The van der Waals surface area contributed by atoms with E-state index in [4.69, 9.17) is 0 Å². The number of piperidine rings is 1. The van der Waals surface area contributed by atoms with Crippen molar-refractivity contribution in [3.05, 3.63) is 59.3 Å². The van der Waals surface area contributed by atoms with Gasteiger partial charge in [0.25, 0.3) is 0 Å². The topological polar surface area (TPSA) is 85.0 Å². The first-order valence-electron chi connectivity index (χ1n) is 11.4. The summed E-state index contributed by atoms with van der Waals surface area (Å²) in [5.41, 5.74) is 2.56. The van der Waals surface area contributed by atoms with Crippen LogP contribution in [0.3, 0.4) is 0 Å². The zero-order valence-corrected chi connectivity index (χ0v) is 18.1. The number of allylic oxidation sites excluding steroid dienone is 2. The molecule has 166 valence electrons. The lowest BCUT2D eigenvalue weighted by Gasteiger charge is -2.33. The van der Waals surface area contributed by atoms with Crippen LogP contribution in [0.2, 0.25) is 0 Å². The highest BCUT2D eigenvalue weighted by Gasteiger charge is 2.24. The highest BCUT2D eigenvalue weighted by atomic mass is 16.2. The second-order valence-corrected chi connectivity index (χ2v) is 8.54. The van der Waals surface area contributed by atoms with Crippen LogP contribution in [0, 0.1) is 0 Å². The summed E-state index contributed by atoms with van der Waals surface area (Å²) in [6.45, 7) is 1.55. The Bertz CT molecular complexity index is 1200. The molecule has 8 nitrogen and oxygen atoms in total. The first kappa shape index (κ1) is 20.5. The molecule has 8 heteroatoms. The molecular formula is C24H28N6O2. The summed E-state index contributed by atoms with van der Waals surface area (Å²) in [4.78, 5) is 37.0. The number of rotatable bonds is 5. The van der Waals surface area contributed by atoms with Crippen molar-refractivity contribution in [2.75, 3.05) is 18.0 Å². The first-order valence-corrected chi connectivity index (χ1v) is 11.4. The molecule has 1 fully saturated rings. The van der Waals surface area contributed by atoms with E-state index in [2.05, 4.69) is 26.3 Å². The van der Waals surface area contributed by atoms with Gasteiger partial charge in [0.2, 0.25) is 11.9 Å². The SMILES string of the molecule is O=C(Cn1c(=O)n(C2=CCCCC2)c2ccccc21)N[C@@H]1CCCN(c2ncccn2)C1. The van der Waals surface area contributed by atoms with Gasteiger partial charge in [-0.3, -0.25) is 13.9 Å². The Labute approximate surface area is 186 Å². The summed E-state index contributed by atoms with van der Waals surface area (Å²) in [6.07, 6.45) is 11.6. The zero-order chi connectivity index (χ0) is 21.9. The maximum Gasteiger partial charge on any atom is 0.333 e. The van der Waals surface area contributed by atoms with E-state index in [0.29, 0.717) is 12.5 Å². The number of anilines is 1. The molecule has 1 amide bonds. The maximum atomic E-state index is 13.3. The van der Waals surface area contributed by atoms with E-state index in [-0.39, 0.29) is 24.2 Å². The Morgan fingerprint density at radius 2 is 1.88 bits per heavy atom. The Kier molecular flexibility index (Phi) is 5.75. The van der Waals surface area contributed by atoms with Crippen molar-refractivity contribution in [3.63, 3.8) is 0 Å². The van der Waals surface area contributed by atoms with Crippen LogP contribution in [0.1, 0.15) is 38.5 Å². The van der Waals surface area contributed by atoms with Crippen molar-refractivity contribution >= 4 is 28.6 Å². The fourth-order valence-corrected chi connectivity index (χ4v) is 4.81. The monoisotopic (exact) mass is 432 g/mol. The molecule has 2 aliphatic rings. The van der Waals surface area contributed by atoms with Crippen molar-refractivity contribution in [1.82, 2.24) is 24.4 Å². The second-order valence-electron chi connectivity index (χ2n) is 8.54. The third kappa shape index (κ3) is 4.04. The van der Waals surface area contributed by atoms with Crippen molar-refractivity contribution in [3.8, 4) is 0 Å². The molecule has 5 rings (SSSR count). The number of nitrogens with one attached hydrogen (secondary N) is 1. The van der Waals surface area contributed by atoms with E-state index in [9.17, 15) is 9.59 Å². The van der Waals surface area contributed by atoms with Crippen LogP contribution in [-0.4, -0.2) is 44.1 Å². The molecule has 1 saturated heterocycles. The van der Waals surface area contributed by atoms with Gasteiger partial charge in [-0.15, -0.1) is 0 Å². The van der Waals surface area contributed by atoms with Crippen molar-refractivity contribution in [2.45, 2.75) is 51.1 Å². The summed E-state index contributed by atoms with van der Waals surface area (Å²) in [5.74, 6) is 0.542. The number of benzene rings is 1. The number of imidazole rings is 1. The minimum absolute atomic E-state index is 0.00478. The number of aromatic nitrogens is 4. The van der Waals surface area contributed by atoms with E-state index < -0.39 is 0 Å². The quantitative estimate of drug-likeness (QED) is 0.670. The molecule has 1 atom stereocenters. The Morgan fingerprint density at radius 1 is 1.06 bits per heavy atom. The number of para-hydroxylation sites is 2. The van der Waals surface area contributed by atoms with Gasteiger partial charge in [-0.2, -0.15) is 0 Å². The van der Waals surface area contributed by atoms with Crippen LogP contribution in [0.4, 0.5) is 5.95 Å². The molecule has 0 radical (unpaired) electrons.